The Hall–Kier alpha value is 0.660. The standard InChI is InChI=1S/C4H10OS2/c1-5-4(2-6)3-7/h4,6-7H,2-3H2,1H3. The van der Waals surface area contributed by atoms with E-state index in [4.69, 9.17) is 4.74 Å². The molecule has 0 bridgehead atoms. The van der Waals surface area contributed by atoms with Crippen LogP contribution in [0.4, 0.5) is 0 Å². The molecule has 0 heterocycles. The van der Waals surface area contributed by atoms with Crippen molar-refractivity contribution in [2.24, 2.45) is 0 Å². The van der Waals surface area contributed by atoms with Gasteiger partial charge in [-0.3, -0.25) is 0 Å². The lowest BCUT2D eigenvalue weighted by Crippen LogP contribution is -2.13. The highest BCUT2D eigenvalue weighted by Gasteiger charge is 1.97. The average molecular weight is 138 g/mol. The van der Waals surface area contributed by atoms with Crippen LogP contribution in [-0.2, 0) is 4.74 Å². The molecule has 0 spiro atoms. The van der Waals surface area contributed by atoms with Gasteiger partial charge in [0.15, 0.2) is 0 Å². The number of thiol groups is 2. The molecule has 0 saturated heterocycles. The van der Waals surface area contributed by atoms with Crippen LogP contribution in [0.1, 0.15) is 0 Å². The third-order valence-electron chi connectivity index (χ3n) is 0.741. The zero-order valence-electron chi connectivity index (χ0n) is 4.29. The van der Waals surface area contributed by atoms with E-state index in [1.165, 1.54) is 0 Å². The fraction of sp³-hybridized carbons (Fsp3) is 1.00. The second-order valence-electron chi connectivity index (χ2n) is 1.22. The van der Waals surface area contributed by atoms with Crippen LogP contribution in [0, 0.1) is 0 Å². The first kappa shape index (κ1) is 7.66. The number of hydrogen-bond donors (Lipinski definition) is 2. The Bertz CT molecular complexity index is 31.2. The van der Waals surface area contributed by atoms with Crippen molar-refractivity contribution in [3.8, 4) is 0 Å². The van der Waals surface area contributed by atoms with E-state index in [2.05, 4.69) is 25.3 Å². The lowest BCUT2D eigenvalue weighted by Gasteiger charge is -2.06. The molecule has 3 heteroatoms. The second kappa shape index (κ2) is 4.81. The minimum atomic E-state index is 0.215. The smallest absolute Gasteiger partial charge is 0.0746 e. The van der Waals surface area contributed by atoms with Gasteiger partial charge in [-0.1, -0.05) is 0 Å². The summed E-state index contributed by atoms with van der Waals surface area (Å²) in [4.78, 5) is 0. The third kappa shape index (κ3) is 3.26. The molecule has 0 saturated carbocycles. The second-order valence-corrected chi connectivity index (χ2v) is 1.95. The Balaban J connectivity index is 2.99. The zero-order chi connectivity index (χ0) is 5.70. The molecular formula is C4H10OS2. The minimum Gasteiger partial charge on any atom is -0.380 e. The lowest BCUT2D eigenvalue weighted by molar-refractivity contribution is 0.142. The van der Waals surface area contributed by atoms with Crippen LogP contribution in [-0.4, -0.2) is 24.7 Å². The molecule has 0 aliphatic heterocycles. The van der Waals surface area contributed by atoms with Crippen molar-refractivity contribution in [1.82, 2.24) is 0 Å². The molecule has 0 aliphatic carbocycles. The van der Waals surface area contributed by atoms with Crippen molar-refractivity contribution in [3.05, 3.63) is 0 Å². The molecule has 0 N–H and O–H groups in total. The van der Waals surface area contributed by atoms with Crippen molar-refractivity contribution in [3.63, 3.8) is 0 Å². The SMILES string of the molecule is COC(CS)CS. The number of hydrogen-bond acceptors (Lipinski definition) is 3. The molecule has 0 rings (SSSR count). The Morgan fingerprint density at radius 1 is 1.43 bits per heavy atom. The van der Waals surface area contributed by atoms with Gasteiger partial charge in [0, 0.05) is 18.6 Å². The van der Waals surface area contributed by atoms with Gasteiger partial charge in [0.2, 0.25) is 0 Å². The molecule has 1 nitrogen and oxygen atoms in total. The van der Waals surface area contributed by atoms with Crippen LogP contribution < -0.4 is 0 Å². The zero-order valence-corrected chi connectivity index (χ0v) is 6.08. The lowest BCUT2D eigenvalue weighted by atomic mass is 10.5. The van der Waals surface area contributed by atoms with Crippen molar-refractivity contribution < 1.29 is 4.74 Å². The maximum absolute atomic E-state index is 4.90. The fourth-order valence-electron chi connectivity index (χ4n) is 0.207. The van der Waals surface area contributed by atoms with Crippen LogP contribution >= 0.6 is 25.3 Å². The third-order valence-corrected chi connectivity index (χ3v) is 1.56. The molecule has 0 unspecified atom stereocenters. The predicted octanol–water partition coefficient (Wildman–Crippen LogP) is 0.861. The van der Waals surface area contributed by atoms with E-state index < -0.39 is 0 Å². The molecule has 0 aromatic carbocycles. The van der Waals surface area contributed by atoms with E-state index in [1.54, 1.807) is 7.11 Å². The summed E-state index contributed by atoms with van der Waals surface area (Å²) in [6, 6.07) is 0. The quantitative estimate of drug-likeness (QED) is 0.550. The van der Waals surface area contributed by atoms with E-state index in [0.29, 0.717) is 0 Å². The summed E-state index contributed by atoms with van der Waals surface area (Å²) in [6.45, 7) is 0. The molecule has 0 aromatic rings. The summed E-state index contributed by atoms with van der Waals surface area (Å²) in [5.41, 5.74) is 0. The van der Waals surface area contributed by atoms with Gasteiger partial charge in [-0.05, 0) is 0 Å². The van der Waals surface area contributed by atoms with Crippen LogP contribution in [0.5, 0.6) is 0 Å². The van der Waals surface area contributed by atoms with Crippen LogP contribution in [0.25, 0.3) is 0 Å². The van der Waals surface area contributed by atoms with E-state index in [0.717, 1.165) is 11.5 Å². The first-order valence-corrected chi connectivity index (χ1v) is 3.36. The van der Waals surface area contributed by atoms with Crippen molar-refractivity contribution >= 4 is 25.3 Å². The van der Waals surface area contributed by atoms with Crippen LogP contribution in [0.2, 0.25) is 0 Å². The first-order chi connectivity index (χ1) is 3.35. The van der Waals surface area contributed by atoms with E-state index in [1.807, 2.05) is 0 Å². The van der Waals surface area contributed by atoms with Gasteiger partial charge in [0.25, 0.3) is 0 Å². The van der Waals surface area contributed by atoms with Crippen LogP contribution in [0.3, 0.4) is 0 Å². The van der Waals surface area contributed by atoms with Crippen molar-refractivity contribution in [2.75, 3.05) is 18.6 Å². The largest absolute Gasteiger partial charge is 0.380 e. The van der Waals surface area contributed by atoms with E-state index in [-0.39, 0.29) is 6.10 Å². The molecule has 0 amide bonds. The average Bonchev–Trinajstić information content (AvgIpc) is 1.72. The van der Waals surface area contributed by atoms with Gasteiger partial charge in [-0.15, -0.1) is 0 Å². The normalized spacial score (nSPS) is 10.3. The summed E-state index contributed by atoms with van der Waals surface area (Å²) in [5.74, 6) is 1.50. The molecule has 0 atom stereocenters. The fourth-order valence-corrected chi connectivity index (χ4v) is 0.967. The maximum atomic E-state index is 4.90. The molecule has 0 radical (unpaired) electrons. The Morgan fingerprint density at radius 3 is 1.86 bits per heavy atom. The van der Waals surface area contributed by atoms with Gasteiger partial charge < -0.3 is 4.74 Å². The van der Waals surface area contributed by atoms with E-state index >= 15 is 0 Å². The molecular weight excluding hydrogens is 128 g/mol. The van der Waals surface area contributed by atoms with Gasteiger partial charge >= 0.3 is 0 Å². The van der Waals surface area contributed by atoms with Gasteiger partial charge in [-0.2, -0.15) is 25.3 Å². The van der Waals surface area contributed by atoms with E-state index in [9.17, 15) is 0 Å². The maximum Gasteiger partial charge on any atom is 0.0746 e. The monoisotopic (exact) mass is 138 g/mol. The first-order valence-electron chi connectivity index (χ1n) is 2.09. The predicted molar refractivity (Wildman–Crippen MR) is 38.5 cm³/mol. The highest BCUT2D eigenvalue weighted by atomic mass is 32.1. The highest BCUT2D eigenvalue weighted by molar-refractivity contribution is 7.81. The Labute approximate surface area is 55.3 Å². The van der Waals surface area contributed by atoms with Gasteiger partial charge in [0.1, 0.15) is 0 Å². The topological polar surface area (TPSA) is 9.23 Å². The minimum absolute atomic E-state index is 0.215. The molecule has 0 aromatic heterocycles. The summed E-state index contributed by atoms with van der Waals surface area (Å²) < 4.78 is 4.90. The summed E-state index contributed by atoms with van der Waals surface area (Å²) >= 11 is 8.00. The molecule has 44 valence electrons. The summed E-state index contributed by atoms with van der Waals surface area (Å²) in [6.07, 6.45) is 0.215. The van der Waals surface area contributed by atoms with Crippen molar-refractivity contribution in [2.45, 2.75) is 6.10 Å². The van der Waals surface area contributed by atoms with Gasteiger partial charge in [0.05, 0.1) is 6.10 Å². The molecule has 0 aliphatic rings. The Kier molecular flexibility index (Phi) is 5.26. The molecule has 7 heavy (non-hydrogen) atoms. The molecule has 0 fully saturated rings. The summed E-state index contributed by atoms with van der Waals surface area (Å²) in [7, 11) is 1.66. The Morgan fingerprint density at radius 2 is 1.86 bits per heavy atom. The van der Waals surface area contributed by atoms with Crippen LogP contribution in [0.15, 0.2) is 0 Å². The van der Waals surface area contributed by atoms with Gasteiger partial charge in [-0.25, -0.2) is 0 Å². The summed E-state index contributed by atoms with van der Waals surface area (Å²) in [5, 5.41) is 0. The highest BCUT2D eigenvalue weighted by Crippen LogP contribution is 1.93. The number of rotatable bonds is 3. The number of methoxy groups -OCH3 is 1. The van der Waals surface area contributed by atoms with Crippen molar-refractivity contribution in [1.29, 1.82) is 0 Å². The number of ether oxygens (including phenoxy) is 1.